The Morgan fingerprint density at radius 1 is 1.50 bits per heavy atom. The number of carbonyl (C=O) groups is 1. The fraction of sp³-hybridized carbons (Fsp3) is 0.438. The third-order valence-electron chi connectivity index (χ3n) is 3.79. The molecule has 0 aliphatic carbocycles. The van der Waals surface area contributed by atoms with E-state index in [1.165, 1.54) is 0 Å². The first-order chi connectivity index (χ1) is 10.8. The van der Waals surface area contributed by atoms with Gasteiger partial charge in [0.25, 0.3) is 0 Å². The lowest BCUT2D eigenvalue weighted by Gasteiger charge is -2.38. The first kappa shape index (κ1) is 15.9. The summed E-state index contributed by atoms with van der Waals surface area (Å²) in [5.41, 5.74) is 9.62. The average molecular weight is 300 g/mol. The molecule has 2 atom stereocenters. The van der Waals surface area contributed by atoms with Gasteiger partial charge in [-0.3, -0.25) is 0 Å². The monoisotopic (exact) mass is 300 g/mol. The Hall–Kier alpha value is -2.46. The topological polar surface area (TPSA) is 78.3 Å². The van der Waals surface area contributed by atoms with Gasteiger partial charge in [0.2, 0.25) is 0 Å². The van der Waals surface area contributed by atoms with Crippen molar-refractivity contribution in [2.24, 2.45) is 5.11 Å². The zero-order valence-corrected chi connectivity index (χ0v) is 12.5. The van der Waals surface area contributed by atoms with Crippen molar-refractivity contribution in [3.63, 3.8) is 0 Å². The summed E-state index contributed by atoms with van der Waals surface area (Å²) in [5, 5.41) is 3.82. The van der Waals surface area contributed by atoms with Gasteiger partial charge in [-0.1, -0.05) is 41.5 Å². The molecule has 0 N–H and O–H groups in total. The second kappa shape index (κ2) is 8.10. The quantitative estimate of drug-likeness (QED) is 0.356. The number of nitrogens with zero attached hydrogens (tertiary/aromatic N) is 4. The number of hydrogen-bond donors (Lipinski definition) is 0. The number of rotatable bonds is 5. The van der Waals surface area contributed by atoms with E-state index in [4.69, 9.17) is 10.3 Å². The largest absolute Gasteiger partial charge is 0.445 e. The van der Waals surface area contributed by atoms with E-state index in [1.807, 2.05) is 30.3 Å². The molecule has 1 aromatic carbocycles. The van der Waals surface area contributed by atoms with E-state index in [9.17, 15) is 4.79 Å². The summed E-state index contributed by atoms with van der Waals surface area (Å²) in [4.78, 5) is 16.9. The van der Waals surface area contributed by atoms with Crippen molar-refractivity contribution in [3.05, 3.63) is 59.0 Å². The van der Waals surface area contributed by atoms with E-state index in [0.717, 1.165) is 18.4 Å². The Kier molecular flexibility index (Phi) is 5.86. The molecule has 1 saturated heterocycles. The maximum absolute atomic E-state index is 12.3. The second-order valence-electron chi connectivity index (χ2n) is 5.24. The number of likely N-dealkylation sites (tertiary alicyclic amines) is 1. The van der Waals surface area contributed by atoms with Crippen LogP contribution in [-0.4, -0.2) is 29.6 Å². The summed E-state index contributed by atoms with van der Waals surface area (Å²) in [6, 6.07) is 9.15. The summed E-state index contributed by atoms with van der Waals surface area (Å²) in [5.74, 6) is 0. The number of ether oxygens (including phenoxy) is 1. The van der Waals surface area contributed by atoms with Crippen LogP contribution < -0.4 is 0 Å². The molecule has 6 nitrogen and oxygen atoms in total. The predicted octanol–water partition coefficient (Wildman–Crippen LogP) is 4.04. The van der Waals surface area contributed by atoms with Gasteiger partial charge in [-0.25, -0.2) is 4.79 Å². The first-order valence-corrected chi connectivity index (χ1v) is 7.38. The summed E-state index contributed by atoms with van der Waals surface area (Å²) in [7, 11) is 0. The maximum Gasteiger partial charge on any atom is 0.410 e. The van der Waals surface area contributed by atoms with E-state index < -0.39 is 0 Å². The third-order valence-corrected chi connectivity index (χ3v) is 3.79. The van der Waals surface area contributed by atoms with E-state index in [1.54, 1.807) is 11.0 Å². The zero-order chi connectivity index (χ0) is 15.8. The van der Waals surface area contributed by atoms with Crippen LogP contribution in [0, 0.1) is 0 Å². The minimum Gasteiger partial charge on any atom is -0.445 e. The molecule has 0 spiro atoms. The van der Waals surface area contributed by atoms with Crippen LogP contribution in [-0.2, 0) is 11.3 Å². The fourth-order valence-electron chi connectivity index (χ4n) is 2.72. The Balaban J connectivity index is 2.02. The van der Waals surface area contributed by atoms with Crippen LogP contribution in [0.3, 0.4) is 0 Å². The molecule has 0 saturated carbocycles. The van der Waals surface area contributed by atoms with Gasteiger partial charge in [0.05, 0.1) is 6.04 Å². The van der Waals surface area contributed by atoms with Gasteiger partial charge in [-0.2, -0.15) is 0 Å². The van der Waals surface area contributed by atoms with Crippen molar-refractivity contribution in [2.45, 2.75) is 38.0 Å². The van der Waals surface area contributed by atoms with Gasteiger partial charge in [-0.05, 0) is 30.4 Å². The highest BCUT2D eigenvalue weighted by atomic mass is 16.6. The number of carbonyl (C=O) groups excluding carboxylic acids is 1. The highest BCUT2D eigenvalue weighted by Gasteiger charge is 2.33. The van der Waals surface area contributed by atoms with Gasteiger partial charge in [0, 0.05) is 17.5 Å². The first-order valence-electron chi connectivity index (χ1n) is 7.38. The average Bonchev–Trinajstić information content (AvgIpc) is 2.55. The van der Waals surface area contributed by atoms with E-state index in [-0.39, 0.29) is 24.8 Å². The molecule has 22 heavy (non-hydrogen) atoms. The third kappa shape index (κ3) is 4.02. The number of azide groups is 1. The van der Waals surface area contributed by atoms with Crippen LogP contribution in [0.2, 0.25) is 0 Å². The van der Waals surface area contributed by atoms with Crippen LogP contribution in [0.4, 0.5) is 4.79 Å². The summed E-state index contributed by atoms with van der Waals surface area (Å²) in [6.07, 6.45) is 3.55. The van der Waals surface area contributed by atoms with Crippen LogP contribution >= 0.6 is 0 Å². The maximum atomic E-state index is 12.3. The normalized spacial score (nSPS) is 20.8. The lowest BCUT2D eigenvalue weighted by atomic mass is 9.95. The highest BCUT2D eigenvalue weighted by molar-refractivity contribution is 5.68. The molecule has 1 aliphatic heterocycles. The van der Waals surface area contributed by atoms with Gasteiger partial charge >= 0.3 is 6.09 Å². The lowest BCUT2D eigenvalue weighted by molar-refractivity contribution is 0.0628. The molecule has 116 valence electrons. The number of benzene rings is 1. The van der Waals surface area contributed by atoms with Crippen molar-refractivity contribution in [2.75, 3.05) is 6.54 Å². The predicted molar refractivity (Wildman–Crippen MR) is 84.1 cm³/mol. The molecule has 0 bridgehead atoms. The number of amides is 1. The van der Waals surface area contributed by atoms with Crippen molar-refractivity contribution < 1.29 is 9.53 Å². The van der Waals surface area contributed by atoms with Crippen molar-refractivity contribution >= 4 is 6.09 Å². The van der Waals surface area contributed by atoms with Gasteiger partial charge in [0.1, 0.15) is 6.61 Å². The van der Waals surface area contributed by atoms with Gasteiger partial charge < -0.3 is 9.64 Å². The van der Waals surface area contributed by atoms with Gasteiger partial charge in [-0.15, -0.1) is 6.58 Å². The smallest absolute Gasteiger partial charge is 0.410 e. The fourth-order valence-corrected chi connectivity index (χ4v) is 2.72. The van der Waals surface area contributed by atoms with E-state index in [0.29, 0.717) is 13.0 Å². The molecule has 1 fully saturated rings. The number of hydrogen-bond acceptors (Lipinski definition) is 3. The standard InChI is InChI=1S/C16H20N4O2/c1-2-7-15-14(18-19-17)10-6-11-20(15)16(21)22-12-13-8-4-3-5-9-13/h2-5,8-9,14-15H,1,6-7,10-12H2/t14-,15-/m0/s1. The molecule has 6 heteroatoms. The molecule has 1 heterocycles. The van der Waals surface area contributed by atoms with Crippen molar-refractivity contribution in [1.82, 2.24) is 4.90 Å². The Morgan fingerprint density at radius 3 is 2.95 bits per heavy atom. The van der Waals surface area contributed by atoms with Crippen LogP contribution in [0.15, 0.2) is 48.1 Å². The molecular weight excluding hydrogens is 280 g/mol. The van der Waals surface area contributed by atoms with Gasteiger partial charge in [0.15, 0.2) is 0 Å². The van der Waals surface area contributed by atoms with Crippen LogP contribution in [0.1, 0.15) is 24.8 Å². The Labute approximate surface area is 130 Å². The molecule has 2 rings (SSSR count). The molecule has 1 aromatic rings. The molecule has 1 amide bonds. The molecule has 0 radical (unpaired) electrons. The van der Waals surface area contributed by atoms with E-state index >= 15 is 0 Å². The number of piperidine rings is 1. The Bertz CT molecular complexity index is 555. The molecule has 0 unspecified atom stereocenters. The van der Waals surface area contributed by atoms with Crippen LogP contribution in [0.25, 0.3) is 10.4 Å². The molecular formula is C16H20N4O2. The second-order valence-corrected chi connectivity index (χ2v) is 5.24. The molecule has 0 aromatic heterocycles. The summed E-state index contributed by atoms with van der Waals surface area (Å²) in [6.45, 7) is 4.58. The SMILES string of the molecule is C=CC[C@H]1[C@@H](N=[N+]=[N-])CCCN1C(=O)OCc1ccccc1. The summed E-state index contributed by atoms with van der Waals surface area (Å²) < 4.78 is 5.39. The summed E-state index contributed by atoms with van der Waals surface area (Å²) >= 11 is 0. The highest BCUT2D eigenvalue weighted by Crippen LogP contribution is 2.24. The minimum absolute atomic E-state index is 0.176. The zero-order valence-electron chi connectivity index (χ0n) is 12.5. The van der Waals surface area contributed by atoms with Crippen LogP contribution in [0.5, 0.6) is 0 Å². The van der Waals surface area contributed by atoms with Crippen molar-refractivity contribution in [1.29, 1.82) is 0 Å². The molecule has 1 aliphatic rings. The lowest BCUT2D eigenvalue weighted by Crippen LogP contribution is -2.50. The van der Waals surface area contributed by atoms with Crippen molar-refractivity contribution in [3.8, 4) is 0 Å². The Morgan fingerprint density at radius 2 is 2.27 bits per heavy atom. The minimum atomic E-state index is -0.367. The van der Waals surface area contributed by atoms with E-state index in [2.05, 4.69) is 16.6 Å².